The fraction of sp³-hybridized carbons (Fsp3) is 0.588. The van der Waals surface area contributed by atoms with Crippen LogP contribution in [0.3, 0.4) is 0 Å². The Morgan fingerprint density at radius 1 is 1.46 bits per heavy atom. The molecule has 0 amide bonds. The second-order valence-corrected chi connectivity index (χ2v) is 6.98. The highest BCUT2D eigenvalue weighted by molar-refractivity contribution is 5.74. The highest BCUT2D eigenvalue weighted by Gasteiger charge is 2.40. The Morgan fingerprint density at radius 3 is 2.92 bits per heavy atom. The molecule has 132 valence electrons. The predicted molar refractivity (Wildman–Crippen MR) is 88.9 cm³/mol. The molecule has 2 heterocycles. The maximum absolute atomic E-state index is 13.5. The number of carboxylic acid groups (broad SMARTS) is 1. The van der Waals surface area contributed by atoms with Gasteiger partial charge in [-0.25, -0.2) is 9.82 Å². The molecule has 4 atom stereocenters. The van der Waals surface area contributed by atoms with Crippen molar-refractivity contribution in [1.82, 2.24) is 20.7 Å². The molecule has 3 rings (SSSR count). The van der Waals surface area contributed by atoms with E-state index < -0.39 is 12.0 Å². The quantitative estimate of drug-likeness (QED) is 0.735. The lowest BCUT2D eigenvalue weighted by Gasteiger charge is -2.27. The van der Waals surface area contributed by atoms with E-state index in [0.29, 0.717) is 13.0 Å². The van der Waals surface area contributed by atoms with Crippen LogP contribution in [0.1, 0.15) is 18.0 Å². The summed E-state index contributed by atoms with van der Waals surface area (Å²) in [5.41, 5.74) is 7.23. The Labute approximate surface area is 141 Å². The largest absolute Gasteiger partial charge is 0.480 e. The number of rotatable bonds is 5. The van der Waals surface area contributed by atoms with Gasteiger partial charge in [-0.15, -0.1) is 0 Å². The number of carboxylic acids is 1. The molecule has 3 N–H and O–H groups in total. The average Bonchev–Trinajstić information content (AvgIpc) is 3.14. The molecule has 2 fully saturated rings. The summed E-state index contributed by atoms with van der Waals surface area (Å²) in [7, 11) is 3.97. The monoisotopic (exact) mass is 336 g/mol. The first-order valence-corrected chi connectivity index (χ1v) is 8.33. The number of halogens is 1. The number of nitrogens with one attached hydrogen (secondary N) is 2. The van der Waals surface area contributed by atoms with E-state index in [0.717, 1.165) is 18.7 Å². The highest BCUT2D eigenvalue weighted by atomic mass is 19.1. The first-order valence-electron chi connectivity index (χ1n) is 8.33. The van der Waals surface area contributed by atoms with Crippen molar-refractivity contribution in [3.05, 3.63) is 35.6 Å². The topological polar surface area (TPSA) is 67.8 Å². The van der Waals surface area contributed by atoms with Crippen LogP contribution < -0.4 is 10.9 Å². The minimum atomic E-state index is -0.763. The zero-order valence-electron chi connectivity index (χ0n) is 14.1. The van der Waals surface area contributed by atoms with E-state index in [2.05, 4.69) is 20.7 Å². The van der Waals surface area contributed by atoms with Gasteiger partial charge < -0.3 is 10.0 Å². The van der Waals surface area contributed by atoms with Crippen LogP contribution in [0.4, 0.5) is 4.39 Å². The lowest BCUT2D eigenvalue weighted by molar-refractivity contribution is -0.142. The number of nitrogens with zero attached hydrogens (tertiary/aromatic N) is 2. The van der Waals surface area contributed by atoms with E-state index in [1.165, 1.54) is 6.07 Å². The average molecular weight is 336 g/mol. The second-order valence-electron chi connectivity index (χ2n) is 6.98. The van der Waals surface area contributed by atoms with Gasteiger partial charge in [0.05, 0.1) is 6.04 Å². The number of hydrogen-bond donors (Lipinski definition) is 3. The van der Waals surface area contributed by atoms with Gasteiger partial charge in [-0.3, -0.25) is 15.1 Å². The minimum Gasteiger partial charge on any atom is -0.480 e. The third kappa shape index (κ3) is 3.59. The molecule has 2 unspecified atom stereocenters. The molecule has 1 aromatic rings. The van der Waals surface area contributed by atoms with E-state index in [1.807, 2.05) is 20.2 Å². The Kier molecular flexibility index (Phi) is 5.15. The molecule has 0 aliphatic carbocycles. The Hall–Kier alpha value is -1.54. The van der Waals surface area contributed by atoms with E-state index in [4.69, 9.17) is 0 Å². The highest BCUT2D eigenvalue weighted by Crippen LogP contribution is 2.29. The van der Waals surface area contributed by atoms with Crippen molar-refractivity contribution < 1.29 is 14.3 Å². The van der Waals surface area contributed by atoms with Gasteiger partial charge in [-0.2, -0.15) is 0 Å². The van der Waals surface area contributed by atoms with Crippen molar-refractivity contribution in [2.24, 2.45) is 5.92 Å². The van der Waals surface area contributed by atoms with Crippen LogP contribution >= 0.6 is 0 Å². The maximum atomic E-state index is 13.5. The number of likely N-dealkylation sites (tertiary alicyclic amines) is 1. The molecular weight excluding hydrogens is 311 g/mol. The van der Waals surface area contributed by atoms with Crippen LogP contribution in [-0.4, -0.2) is 66.7 Å². The first-order chi connectivity index (χ1) is 11.5. The molecule has 0 aromatic heterocycles. The smallest absolute Gasteiger partial charge is 0.320 e. The van der Waals surface area contributed by atoms with Crippen LogP contribution in [0.15, 0.2) is 24.3 Å². The molecule has 6 nitrogen and oxygen atoms in total. The number of benzene rings is 1. The summed E-state index contributed by atoms with van der Waals surface area (Å²) in [6.07, 6.45) is 0.639. The summed E-state index contributed by atoms with van der Waals surface area (Å²) in [4.78, 5) is 15.8. The number of hydrazine groups is 1. The fourth-order valence-electron chi connectivity index (χ4n) is 3.77. The van der Waals surface area contributed by atoms with Gasteiger partial charge in [-0.05, 0) is 38.2 Å². The molecule has 2 aliphatic rings. The van der Waals surface area contributed by atoms with Gasteiger partial charge in [-0.1, -0.05) is 12.1 Å². The van der Waals surface area contributed by atoms with Crippen LogP contribution in [0.5, 0.6) is 0 Å². The van der Waals surface area contributed by atoms with Crippen molar-refractivity contribution >= 4 is 5.97 Å². The predicted octanol–water partition coefficient (Wildman–Crippen LogP) is 0.680. The molecule has 2 saturated heterocycles. The Bertz CT molecular complexity index is 598. The summed E-state index contributed by atoms with van der Waals surface area (Å²) in [6.45, 7) is 2.15. The maximum Gasteiger partial charge on any atom is 0.320 e. The number of hydrogen-bond acceptors (Lipinski definition) is 5. The summed E-state index contributed by atoms with van der Waals surface area (Å²) >= 11 is 0. The van der Waals surface area contributed by atoms with Crippen LogP contribution in [-0.2, 0) is 4.79 Å². The van der Waals surface area contributed by atoms with E-state index in [9.17, 15) is 14.3 Å². The van der Waals surface area contributed by atoms with Gasteiger partial charge >= 0.3 is 5.97 Å². The van der Waals surface area contributed by atoms with E-state index in [1.54, 1.807) is 12.1 Å². The standard InChI is InChI=1S/C17H25FN4O2/c1-21(2)14-7-15(17(23)24)22(10-14)9-12-8-19-20-16(12)11-4-3-5-13(18)6-11/h3-6,12,14-16,19-20H,7-10H2,1-2H3,(H,23,24)/t12?,14-,15+,16?/m1/s1. The van der Waals surface area contributed by atoms with E-state index in [-0.39, 0.29) is 23.8 Å². The van der Waals surface area contributed by atoms with E-state index >= 15 is 0 Å². The molecule has 2 aliphatic heterocycles. The summed E-state index contributed by atoms with van der Waals surface area (Å²) in [5, 5.41) is 9.54. The van der Waals surface area contributed by atoms with Gasteiger partial charge in [0.1, 0.15) is 11.9 Å². The molecular formula is C17H25FN4O2. The second kappa shape index (κ2) is 7.14. The molecule has 1 aromatic carbocycles. The summed E-state index contributed by atoms with van der Waals surface area (Å²) < 4.78 is 13.5. The van der Waals surface area contributed by atoms with Crippen molar-refractivity contribution in [3.8, 4) is 0 Å². The zero-order chi connectivity index (χ0) is 17.3. The molecule has 7 heteroatoms. The van der Waals surface area contributed by atoms with Gasteiger partial charge in [0.2, 0.25) is 0 Å². The molecule has 24 heavy (non-hydrogen) atoms. The summed E-state index contributed by atoms with van der Waals surface area (Å²) in [5.74, 6) is -0.827. The Morgan fingerprint density at radius 2 is 2.25 bits per heavy atom. The van der Waals surface area contributed by atoms with Gasteiger partial charge in [0.25, 0.3) is 0 Å². The molecule has 0 saturated carbocycles. The van der Waals surface area contributed by atoms with Crippen LogP contribution in [0, 0.1) is 11.7 Å². The van der Waals surface area contributed by atoms with Crippen molar-refractivity contribution in [3.63, 3.8) is 0 Å². The van der Waals surface area contributed by atoms with Gasteiger partial charge in [0, 0.05) is 31.6 Å². The molecule has 0 bridgehead atoms. The lowest BCUT2D eigenvalue weighted by atomic mass is 9.94. The third-order valence-corrected chi connectivity index (χ3v) is 5.17. The lowest BCUT2D eigenvalue weighted by Crippen LogP contribution is -2.41. The molecule has 0 spiro atoms. The van der Waals surface area contributed by atoms with Crippen LogP contribution in [0.25, 0.3) is 0 Å². The fourth-order valence-corrected chi connectivity index (χ4v) is 3.77. The normalized spacial score (nSPS) is 31.0. The van der Waals surface area contributed by atoms with Crippen molar-refractivity contribution in [2.45, 2.75) is 24.5 Å². The first kappa shape index (κ1) is 17.3. The Balaban J connectivity index is 1.72. The van der Waals surface area contributed by atoms with Crippen molar-refractivity contribution in [1.29, 1.82) is 0 Å². The third-order valence-electron chi connectivity index (χ3n) is 5.17. The number of aliphatic carboxylic acids is 1. The number of likely N-dealkylation sites (N-methyl/N-ethyl adjacent to an activating group) is 1. The SMILES string of the molecule is CN(C)[C@@H]1C[C@@H](C(=O)O)N(CC2CNNC2c2cccc(F)c2)C1. The van der Waals surface area contributed by atoms with Gasteiger partial charge in [0.15, 0.2) is 0 Å². The number of carbonyl (C=O) groups is 1. The zero-order valence-corrected chi connectivity index (χ0v) is 14.1. The van der Waals surface area contributed by atoms with Crippen molar-refractivity contribution in [2.75, 3.05) is 33.7 Å². The van der Waals surface area contributed by atoms with Crippen LogP contribution in [0.2, 0.25) is 0 Å². The summed E-state index contributed by atoms with van der Waals surface area (Å²) in [6, 6.07) is 6.37. The minimum absolute atomic E-state index is 0.0199. The molecule has 0 radical (unpaired) electrons.